The molecule has 0 bridgehead atoms. The Morgan fingerprint density at radius 3 is 1.59 bits per heavy atom. The monoisotopic (exact) mass is 473 g/mol. The summed E-state index contributed by atoms with van der Waals surface area (Å²) >= 11 is 1.77. The highest BCUT2D eigenvalue weighted by atomic mass is 32.2. The number of hydrogen-bond acceptors (Lipinski definition) is 5. The third kappa shape index (κ3) is 4.97. The summed E-state index contributed by atoms with van der Waals surface area (Å²) < 4.78 is 21.6. The van der Waals surface area contributed by atoms with Gasteiger partial charge in [-0.15, -0.1) is 0 Å². The fourth-order valence-corrected chi connectivity index (χ4v) is 6.86. The maximum atomic E-state index is 6.84. The molecule has 2 aromatic rings. The van der Waals surface area contributed by atoms with Crippen molar-refractivity contribution in [2.75, 3.05) is 26.3 Å². The molecule has 0 saturated carbocycles. The van der Waals surface area contributed by atoms with Gasteiger partial charge in [0, 0.05) is 24.2 Å². The lowest BCUT2D eigenvalue weighted by Gasteiger charge is -2.37. The van der Waals surface area contributed by atoms with E-state index in [-0.39, 0.29) is 10.8 Å². The normalized spacial score (nSPS) is 18.1. The summed E-state index contributed by atoms with van der Waals surface area (Å²) in [5, 5.41) is 0. The van der Waals surface area contributed by atoms with Gasteiger partial charge >= 0.3 is 8.53 Å². The van der Waals surface area contributed by atoms with E-state index in [2.05, 4.69) is 84.3 Å². The Kier molecular flexibility index (Phi) is 6.59. The van der Waals surface area contributed by atoms with Gasteiger partial charge in [0.2, 0.25) is 0 Å². The maximum Gasteiger partial charge on any atom is 0.384 e. The minimum Gasteiger partial charge on any atom is -0.425 e. The summed E-state index contributed by atoms with van der Waals surface area (Å²) in [7, 11) is -1.31. The first-order chi connectivity index (χ1) is 14.9. The summed E-state index contributed by atoms with van der Waals surface area (Å²) in [4.78, 5) is 2.34. The molecular formula is C26H36NO3PS. The second-order valence-electron chi connectivity index (χ2n) is 10.9. The number of rotatable bonds is 1. The second-order valence-corrected chi connectivity index (χ2v) is 13.4. The number of fused-ring (bicyclic) bond motifs is 2. The van der Waals surface area contributed by atoms with Crippen LogP contribution in [-0.2, 0) is 15.6 Å². The van der Waals surface area contributed by atoms with Gasteiger partial charge in [0.25, 0.3) is 0 Å². The first-order valence-corrected chi connectivity index (χ1v) is 13.3. The van der Waals surface area contributed by atoms with Gasteiger partial charge in [-0.25, -0.2) is 4.67 Å². The Balaban J connectivity index is 1.94. The first-order valence-electron chi connectivity index (χ1n) is 11.4. The molecule has 174 valence electrons. The Morgan fingerprint density at radius 2 is 1.19 bits per heavy atom. The van der Waals surface area contributed by atoms with Crippen molar-refractivity contribution in [2.45, 2.75) is 76.0 Å². The summed E-state index contributed by atoms with van der Waals surface area (Å²) in [5.41, 5.74) is 4.91. The molecule has 4 rings (SSSR count). The van der Waals surface area contributed by atoms with Crippen molar-refractivity contribution in [1.29, 1.82) is 0 Å². The standard InChI is InChI=1S/C26H36NO3PS/c1-17-13-19(25(3,4)5)23-21(15-17)32-22-16-18(2)14-20(26(6,7)8)24(22)30-31(29-23)27-9-11-28-12-10-27/h13-16H,9-12H2,1-8H3. The third-order valence-electron chi connectivity index (χ3n) is 5.79. The van der Waals surface area contributed by atoms with Crippen LogP contribution in [0.2, 0.25) is 0 Å². The average Bonchev–Trinajstić information content (AvgIpc) is 2.67. The number of hydrogen-bond donors (Lipinski definition) is 0. The van der Waals surface area contributed by atoms with Crippen LogP contribution >= 0.6 is 20.3 Å². The van der Waals surface area contributed by atoms with Crippen LogP contribution in [0.25, 0.3) is 0 Å². The number of aryl methyl sites for hydroxylation is 2. The van der Waals surface area contributed by atoms with Crippen molar-refractivity contribution < 1.29 is 13.8 Å². The predicted octanol–water partition coefficient (Wildman–Crippen LogP) is 7.38. The summed E-state index contributed by atoms with van der Waals surface area (Å²) in [6.07, 6.45) is 0. The number of benzene rings is 2. The van der Waals surface area contributed by atoms with Crippen molar-refractivity contribution in [3.63, 3.8) is 0 Å². The molecule has 0 amide bonds. The van der Waals surface area contributed by atoms with Gasteiger partial charge in [-0.05, 0) is 47.9 Å². The minimum atomic E-state index is -1.31. The molecule has 0 atom stereocenters. The fraction of sp³-hybridized carbons (Fsp3) is 0.538. The van der Waals surface area contributed by atoms with Crippen LogP contribution in [0.15, 0.2) is 34.1 Å². The van der Waals surface area contributed by atoms with Gasteiger partial charge in [-0.1, -0.05) is 65.4 Å². The molecule has 0 aliphatic carbocycles. The van der Waals surface area contributed by atoms with E-state index in [0.717, 1.165) is 24.6 Å². The SMILES string of the molecule is Cc1cc2c(c(C(C)(C)C)c1)OP(N1CCOCC1)Oc1c(cc(C)cc1C(C)(C)C)S2. The van der Waals surface area contributed by atoms with Crippen LogP contribution in [-0.4, -0.2) is 31.0 Å². The highest BCUT2D eigenvalue weighted by molar-refractivity contribution is 7.99. The zero-order chi connectivity index (χ0) is 23.3. The highest BCUT2D eigenvalue weighted by Gasteiger charge is 2.36. The maximum absolute atomic E-state index is 6.84. The van der Waals surface area contributed by atoms with Crippen LogP contribution in [0.3, 0.4) is 0 Å². The van der Waals surface area contributed by atoms with Crippen LogP contribution < -0.4 is 9.05 Å². The van der Waals surface area contributed by atoms with E-state index >= 15 is 0 Å². The summed E-state index contributed by atoms with van der Waals surface area (Å²) in [6, 6.07) is 9.06. The molecular weight excluding hydrogens is 437 g/mol. The zero-order valence-corrected chi connectivity index (χ0v) is 22.4. The molecule has 2 heterocycles. The molecule has 1 saturated heterocycles. The molecule has 2 aliphatic heterocycles. The fourth-order valence-electron chi connectivity index (χ4n) is 4.06. The van der Waals surface area contributed by atoms with Crippen LogP contribution in [0.1, 0.15) is 63.8 Å². The van der Waals surface area contributed by atoms with E-state index < -0.39 is 8.53 Å². The molecule has 32 heavy (non-hydrogen) atoms. The van der Waals surface area contributed by atoms with E-state index in [1.807, 2.05) is 0 Å². The van der Waals surface area contributed by atoms with Crippen LogP contribution in [0.5, 0.6) is 11.5 Å². The topological polar surface area (TPSA) is 30.9 Å². The third-order valence-corrected chi connectivity index (χ3v) is 8.38. The molecule has 2 aliphatic rings. The Labute approximate surface area is 199 Å². The molecule has 0 spiro atoms. The smallest absolute Gasteiger partial charge is 0.384 e. The highest BCUT2D eigenvalue weighted by Crippen LogP contribution is 2.57. The quantitative estimate of drug-likeness (QED) is 0.403. The minimum absolute atomic E-state index is 0.0339. The Bertz CT molecular complexity index is 932. The lowest BCUT2D eigenvalue weighted by Crippen LogP contribution is -2.35. The average molecular weight is 474 g/mol. The van der Waals surface area contributed by atoms with Gasteiger partial charge < -0.3 is 13.8 Å². The van der Waals surface area contributed by atoms with Gasteiger partial charge in [0.05, 0.1) is 23.0 Å². The molecule has 0 N–H and O–H groups in total. The predicted molar refractivity (Wildman–Crippen MR) is 134 cm³/mol. The van der Waals surface area contributed by atoms with Crippen molar-refractivity contribution in [3.8, 4) is 11.5 Å². The van der Waals surface area contributed by atoms with Crippen molar-refractivity contribution >= 4 is 20.3 Å². The van der Waals surface area contributed by atoms with Crippen LogP contribution in [0, 0.1) is 13.8 Å². The molecule has 2 aromatic carbocycles. The van der Waals surface area contributed by atoms with E-state index in [4.69, 9.17) is 13.8 Å². The van der Waals surface area contributed by atoms with E-state index in [9.17, 15) is 0 Å². The molecule has 4 nitrogen and oxygen atoms in total. The lowest BCUT2D eigenvalue weighted by atomic mass is 9.85. The van der Waals surface area contributed by atoms with Crippen molar-refractivity contribution in [3.05, 3.63) is 46.5 Å². The van der Waals surface area contributed by atoms with Crippen molar-refractivity contribution in [1.82, 2.24) is 4.67 Å². The molecule has 0 radical (unpaired) electrons. The molecule has 0 aromatic heterocycles. The molecule has 0 unspecified atom stereocenters. The second kappa shape index (κ2) is 8.83. The first kappa shape index (κ1) is 23.9. The summed E-state index contributed by atoms with van der Waals surface area (Å²) in [6.45, 7) is 20.9. The lowest BCUT2D eigenvalue weighted by molar-refractivity contribution is 0.0682. The van der Waals surface area contributed by atoms with E-state index in [1.54, 1.807) is 11.8 Å². The van der Waals surface area contributed by atoms with E-state index in [0.29, 0.717) is 13.2 Å². The number of nitrogens with zero attached hydrogens (tertiary/aromatic N) is 1. The largest absolute Gasteiger partial charge is 0.425 e. The zero-order valence-electron chi connectivity index (χ0n) is 20.7. The molecule has 6 heteroatoms. The van der Waals surface area contributed by atoms with E-state index in [1.165, 1.54) is 32.0 Å². The van der Waals surface area contributed by atoms with Gasteiger partial charge in [0.15, 0.2) is 0 Å². The number of morpholine rings is 1. The Hall–Kier alpha value is -1.26. The number of ether oxygens (including phenoxy) is 1. The van der Waals surface area contributed by atoms with Crippen LogP contribution in [0.4, 0.5) is 0 Å². The molecule has 1 fully saturated rings. The summed E-state index contributed by atoms with van der Waals surface area (Å²) in [5.74, 6) is 1.94. The van der Waals surface area contributed by atoms with Crippen molar-refractivity contribution in [2.24, 2.45) is 0 Å². The van der Waals surface area contributed by atoms with Gasteiger partial charge in [0.1, 0.15) is 11.5 Å². The van der Waals surface area contributed by atoms with Gasteiger partial charge in [-0.3, -0.25) is 0 Å². The Morgan fingerprint density at radius 1 is 0.750 bits per heavy atom. The van der Waals surface area contributed by atoms with Gasteiger partial charge in [-0.2, -0.15) is 0 Å².